The van der Waals surface area contributed by atoms with Gasteiger partial charge in [-0.05, 0) is 68.5 Å². The van der Waals surface area contributed by atoms with Gasteiger partial charge >= 0.3 is 16.4 Å². The lowest BCUT2D eigenvalue weighted by molar-refractivity contribution is -0.218. The summed E-state index contributed by atoms with van der Waals surface area (Å²) in [6, 6.07) is 11.5. The van der Waals surface area contributed by atoms with Crippen LogP contribution in [0.1, 0.15) is 55.1 Å². The minimum absolute atomic E-state index is 0.0531. The Morgan fingerprint density at radius 1 is 1.24 bits per heavy atom. The molecule has 3 atom stereocenters. The van der Waals surface area contributed by atoms with Crippen LogP contribution in [0, 0.1) is 0 Å². The van der Waals surface area contributed by atoms with E-state index in [9.17, 15) is 27.9 Å². The van der Waals surface area contributed by atoms with Crippen molar-refractivity contribution in [3.63, 3.8) is 0 Å². The van der Waals surface area contributed by atoms with Crippen molar-refractivity contribution in [2.75, 3.05) is 5.73 Å². The quantitative estimate of drug-likeness (QED) is 0.0466. The van der Waals surface area contributed by atoms with Gasteiger partial charge in [0, 0.05) is 17.5 Å². The number of nitrogen functional groups attached to an aromatic ring is 1. The van der Waals surface area contributed by atoms with Crippen molar-refractivity contribution in [2.45, 2.75) is 70.0 Å². The van der Waals surface area contributed by atoms with Crippen LogP contribution in [0.15, 0.2) is 58.0 Å². The number of nitrogens with one attached hydrogen (secondary N) is 1. The number of anilines is 1. The van der Waals surface area contributed by atoms with Crippen molar-refractivity contribution in [1.82, 2.24) is 15.4 Å². The zero-order valence-corrected chi connectivity index (χ0v) is 29.2. The first kappa shape index (κ1) is 37.1. The van der Waals surface area contributed by atoms with Crippen LogP contribution in [0.25, 0.3) is 0 Å². The summed E-state index contributed by atoms with van der Waals surface area (Å²) in [5.41, 5.74) is 16.9. The predicted octanol–water partition coefficient (Wildman–Crippen LogP) is 0.887. The zero-order chi connectivity index (χ0) is 37.3. The predicted molar refractivity (Wildman–Crippen MR) is 184 cm³/mol. The van der Waals surface area contributed by atoms with Gasteiger partial charge in [-0.1, -0.05) is 29.4 Å². The molecule has 0 spiro atoms. The molecule has 1 saturated heterocycles. The number of thiazole rings is 1. The number of benzene rings is 2. The number of aliphatic imine (C=N–C) groups is 1. The fourth-order valence-corrected chi connectivity index (χ4v) is 6.46. The average molecular weight is 745 g/mol. The molecule has 5 rings (SSSR count). The second-order valence-corrected chi connectivity index (χ2v) is 14.3. The molecule has 20 heteroatoms. The van der Waals surface area contributed by atoms with Crippen molar-refractivity contribution in [2.24, 2.45) is 21.6 Å². The Kier molecular flexibility index (Phi) is 10.4. The summed E-state index contributed by atoms with van der Waals surface area (Å²) >= 11 is 0.960. The van der Waals surface area contributed by atoms with Crippen molar-refractivity contribution >= 4 is 56.2 Å². The van der Waals surface area contributed by atoms with E-state index in [0.29, 0.717) is 41.7 Å². The van der Waals surface area contributed by atoms with E-state index < -0.39 is 57.2 Å². The van der Waals surface area contributed by atoms with E-state index in [0.717, 1.165) is 28.0 Å². The summed E-state index contributed by atoms with van der Waals surface area (Å²) in [5.74, 6) is -2.77. The SMILES string of the molecule is CC1(C)[C@H](NC(=O)/C(=N\O[C@](C)(C(=O)O)[C@H]2CCc3cc(C(N)=NCc4cccc(CN)c4)ccc3O2)c2csc(N)n2)C(=O)N1OS(=O)(=O)O. The molecular weight excluding hydrogens is 709 g/mol. The summed E-state index contributed by atoms with van der Waals surface area (Å²) < 4.78 is 41.8. The van der Waals surface area contributed by atoms with Crippen molar-refractivity contribution in [3.05, 3.63) is 75.8 Å². The molecule has 18 nitrogen and oxygen atoms in total. The lowest BCUT2D eigenvalue weighted by Gasteiger charge is -2.50. The van der Waals surface area contributed by atoms with Crippen LogP contribution in [0.3, 0.4) is 0 Å². The molecule has 3 aromatic rings. The molecule has 1 fully saturated rings. The highest BCUT2D eigenvalue weighted by atomic mass is 32.3. The van der Waals surface area contributed by atoms with Gasteiger partial charge in [-0.2, -0.15) is 13.5 Å². The number of carboxylic acids is 1. The van der Waals surface area contributed by atoms with Crippen molar-refractivity contribution in [1.29, 1.82) is 0 Å². The Morgan fingerprint density at radius 3 is 2.59 bits per heavy atom. The number of β-lactam (4-membered cyclic amide) rings is 1. The van der Waals surface area contributed by atoms with Gasteiger partial charge in [0.05, 0.1) is 12.1 Å². The number of hydroxylamine groups is 2. The third kappa shape index (κ3) is 7.94. The van der Waals surface area contributed by atoms with Gasteiger partial charge in [0.2, 0.25) is 0 Å². The number of fused-ring (bicyclic) bond motifs is 1. The molecule has 0 aliphatic carbocycles. The molecule has 2 aromatic carbocycles. The molecule has 272 valence electrons. The van der Waals surface area contributed by atoms with Crippen molar-refractivity contribution in [3.8, 4) is 5.75 Å². The number of nitrogens with two attached hydrogens (primary N) is 3. The number of ether oxygens (including phenoxy) is 1. The highest BCUT2D eigenvalue weighted by molar-refractivity contribution is 7.80. The number of hydrogen-bond donors (Lipinski definition) is 6. The van der Waals surface area contributed by atoms with Crippen LogP contribution < -0.4 is 27.3 Å². The minimum Gasteiger partial charge on any atom is -0.485 e. The molecule has 3 heterocycles. The molecule has 0 unspecified atom stereocenters. The normalized spacial score (nSPS) is 20.0. The van der Waals surface area contributed by atoms with Gasteiger partial charge in [0.1, 0.15) is 23.3 Å². The topological polar surface area (TPSA) is 284 Å². The van der Waals surface area contributed by atoms with Crippen molar-refractivity contribution < 1.29 is 46.3 Å². The van der Waals surface area contributed by atoms with E-state index in [-0.39, 0.29) is 17.2 Å². The smallest absolute Gasteiger partial charge is 0.418 e. The third-order valence-electron chi connectivity index (χ3n) is 8.43. The van der Waals surface area contributed by atoms with E-state index in [1.807, 2.05) is 30.3 Å². The van der Waals surface area contributed by atoms with E-state index in [1.54, 1.807) is 12.1 Å². The number of aromatic nitrogens is 1. The van der Waals surface area contributed by atoms with E-state index in [1.165, 1.54) is 26.2 Å². The molecule has 1 aromatic heterocycles. The number of oxime groups is 1. The fourth-order valence-electron chi connectivity index (χ4n) is 5.45. The van der Waals surface area contributed by atoms with Gasteiger partial charge in [0.15, 0.2) is 16.9 Å². The maximum atomic E-state index is 13.5. The Morgan fingerprint density at radius 2 is 1.96 bits per heavy atom. The summed E-state index contributed by atoms with van der Waals surface area (Å²) in [5, 5.41) is 18.4. The van der Waals surface area contributed by atoms with Gasteiger partial charge < -0.3 is 37.2 Å². The zero-order valence-electron chi connectivity index (χ0n) is 27.6. The highest BCUT2D eigenvalue weighted by Crippen LogP contribution is 2.35. The number of hydrogen-bond acceptors (Lipinski definition) is 14. The van der Waals surface area contributed by atoms with E-state index in [4.69, 9.17) is 31.3 Å². The van der Waals surface area contributed by atoms with Crippen LogP contribution in [0.2, 0.25) is 0 Å². The molecule has 0 saturated carbocycles. The third-order valence-corrected chi connectivity index (χ3v) is 9.44. The number of carboxylic acid groups (broad SMARTS) is 1. The molecule has 0 radical (unpaired) electrons. The first-order valence-corrected chi connectivity index (χ1v) is 17.6. The molecule has 9 N–H and O–H groups in total. The summed E-state index contributed by atoms with van der Waals surface area (Å²) in [6.07, 6.45) is -0.523. The minimum atomic E-state index is -5.03. The number of amidine groups is 1. The lowest BCUT2D eigenvalue weighted by atomic mass is 9.84. The largest absolute Gasteiger partial charge is 0.485 e. The van der Waals surface area contributed by atoms with Gasteiger partial charge in [0.25, 0.3) is 17.4 Å². The molecule has 2 aliphatic heterocycles. The van der Waals surface area contributed by atoms with E-state index in [2.05, 4.69) is 24.7 Å². The van der Waals surface area contributed by atoms with Crippen LogP contribution in [-0.2, 0) is 53.4 Å². The summed E-state index contributed by atoms with van der Waals surface area (Å²) in [6.45, 7) is 4.74. The number of aryl methyl sites for hydroxylation is 1. The molecule has 2 amide bonds. The Balaban J connectivity index is 1.33. The van der Waals surface area contributed by atoms with E-state index >= 15 is 0 Å². The Labute approximate surface area is 296 Å². The first-order chi connectivity index (χ1) is 23.9. The second-order valence-electron chi connectivity index (χ2n) is 12.4. The first-order valence-electron chi connectivity index (χ1n) is 15.3. The monoisotopic (exact) mass is 744 g/mol. The number of aliphatic carboxylic acids is 1. The number of nitrogens with zero attached hydrogens (tertiary/aromatic N) is 4. The molecule has 0 bridgehead atoms. The van der Waals surface area contributed by atoms with Gasteiger partial charge in [-0.15, -0.1) is 15.6 Å². The van der Waals surface area contributed by atoms with Crippen LogP contribution in [0.5, 0.6) is 5.75 Å². The Bertz CT molecular complexity index is 2030. The Hall–Kier alpha value is -5.15. The maximum absolute atomic E-state index is 13.5. The molecular formula is C31H36N8O10S2. The number of carbonyl (C=O) groups excluding carboxylic acids is 2. The van der Waals surface area contributed by atoms with Crippen LogP contribution in [0.4, 0.5) is 5.13 Å². The van der Waals surface area contributed by atoms with Crippen LogP contribution in [-0.4, -0.2) is 80.7 Å². The highest BCUT2D eigenvalue weighted by Gasteiger charge is 2.58. The maximum Gasteiger partial charge on any atom is 0.418 e. The number of rotatable bonds is 13. The summed E-state index contributed by atoms with van der Waals surface area (Å²) in [7, 11) is -5.03. The molecule has 51 heavy (non-hydrogen) atoms. The fraction of sp³-hybridized carbons (Fsp3) is 0.355. The number of carbonyl (C=O) groups is 3. The lowest BCUT2D eigenvalue weighted by Crippen LogP contribution is -2.76. The van der Waals surface area contributed by atoms with Gasteiger partial charge in [-0.3, -0.25) is 19.1 Å². The second kappa shape index (κ2) is 14.2. The van der Waals surface area contributed by atoms with Gasteiger partial charge in [-0.25, -0.2) is 9.78 Å². The summed E-state index contributed by atoms with van der Waals surface area (Å²) in [4.78, 5) is 52.9. The van der Waals surface area contributed by atoms with Crippen LogP contribution >= 0.6 is 11.3 Å². The number of amides is 2. The standard InChI is InChI=1S/C31H36N8O10S2/c1-30(2)24(27(41)39(30)49-51(44,45)46)37-26(40)23(20-15-50-29(34)36-20)38-48-31(3,28(42)43)22-10-8-18-12-19(7-9-21(18)47-22)25(33)35-14-17-6-4-5-16(11-17)13-32/h4-7,9,11-12,15,22,24H,8,10,13-14,32H2,1-3H3,(H2,33,35)(H2,34,36)(H,37,40)(H,42,43)(H,44,45,46)/b38-23-/t22-,24-,31+/m1/s1. The molecule has 2 aliphatic rings. The average Bonchev–Trinajstić information content (AvgIpc) is 3.52.